The van der Waals surface area contributed by atoms with Crippen molar-refractivity contribution in [2.75, 3.05) is 26.2 Å². The van der Waals surface area contributed by atoms with Gasteiger partial charge in [0.15, 0.2) is 0 Å². The molecule has 3 unspecified atom stereocenters. The second-order valence-corrected chi connectivity index (χ2v) is 7.38. The molecule has 0 spiro atoms. The SMILES string of the molecule is CCCNC(CN1CCC(C)C(C)C1)C(C)(C)C. The van der Waals surface area contributed by atoms with Crippen molar-refractivity contribution in [3.05, 3.63) is 0 Å². The van der Waals surface area contributed by atoms with Crippen LogP contribution in [0.1, 0.15) is 54.4 Å². The summed E-state index contributed by atoms with van der Waals surface area (Å²) in [5.74, 6) is 1.75. The third kappa shape index (κ3) is 4.89. The fourth-order valence-corrected chi connectivity index (χ4v) is 2.74. The lowest BCUT2D eigenvalue weighted by molar-refractivity contribution is 0.103. The van der Waals surface area contributed by atoms with Gasteiger partial charge in [0.1, 0.15) is 0 Å². The minimum absolute atomic E-state index is 0.349. The molecule has 3 atom stereocenters. The Balaban J connectivity index is 2.50. The molecule has 0 bridgehead atoms. The number of piperidine rings is 1. The van der Waals surface area contributed by atoms with E-state index in [0.29, 0.717) is 11.5 Å². The van der Waals surface area contributed by atoms with Gasteiger partial charge in [0.05, 0.1) is 0 Å². The maximum absolute atomic E-state index is 3.74. The van der Waals surface area contributed by atoms with Gasteiger partial charge < -0.3 is 10.2 Å². The minimum Gasteiger partial charge on any atom is -0.312 e. The maximum Gasteiger partial charge on any atom is 0.0243 e. The molecule has 1 saturated heterocycles. The number of hydrogen-bond acceptors (Lipinski definition) is 2. The largest absolute Gasteiger partial charge is 0.312 e. The van der Waals surface area contributed by atoms with Crippen LogP contribution in [0.2, 0.25) is 0 Å². The average Bonchev–Trinajstić information content (AvgIpc) is 2.27. The molecule has 18 heavy (non-hydrogen) atoms. The van der Waals surface area contributed by atoms with Crippen LogP contribution in [0, 0.1) is 17.3 Å². The summed E-state index contributed by atoms with van der Waals surface area (Å²) in [6, 6.07) is 0.609. The van der Waals surface area contributed by atoms with Crippen LogP contribution in [0.15, 0.2) is 0 Å². The highest BCUT2D eigenvalue weighted by Crippen LogP contribution is 2.25. The predicted molar refractivity (Wildman–Crippen MR) is 80.9 cm³/mol. The van der Waals surface area contributed by atoms with Gasteiger partial charge in [0.25, 0.3) is 0 Å². The van der Waals surface area contributed by atoms with Gasteiger partial charge >= 0.3 is 0 Å². The van der Waals surface area contributed by atoms with E-state index in [1.807, 2.05) is 0 Å². The monoisotopic (exact) mass is 254 g/mol. The second kappa shape index (κ2) is 6.91. The highest BCUT2D eigenvalue weighted by Gasteiger charge is 2.29. The summed E-state index contributed by atoms with van der Waals surface area (Å²) in [5, 5.41) is 3.74. The first-order chi connectivity index (χ1) is 8.34. The first-order valence-corrected chi connectivity index (χ1v) is 7.80. The number of hydrogen-bond donors (Lipinski definition) is 1. The topological polar surface area (TPSA) is 15.3 Å². The zero-order valence-electron chi connectivity index (χ0n) is 13.4. The van der Waals surface area contributed by atoms with Crippen molar-refractivity contribution in [2.45, 2.75) is 60.4 Å². The van der Waals surface area contributed by atoms with Crippen LogP contribution in [0.4, 0.5) is 0 Å². The van der Waals surface area contributed by atoms with Crippen molar-refractivity contribution in [3.8, 4) is 0 Å². The van der Waals surface area contributed by atoms with Gasteiger partial charge in [-0.1, -0.05) is 41.5 Å². The van der Waals surface area contributed by atoms with Crippen molar-refractivity contribution < 1.29 is 0 Å². The second-order valence-electron chi connectivity index (χ2n) is 7.38. The fraction of sp³-hybridized carbons (Fsp3) is 1.00. The summed E-state index contributed by atoms with van der Waals surface area (Å²) < 4.78 is 0. The van der Waals surface area contributed by atoms with Crippen molar-refractivity contribution in [1.29, 1.82) is 0 Å². The molecule has 0 saturated carbocycles. The summed E-state index contributed by atoms with van der Waals surface area (Å²) >= 11 is 0. The predicted octanol–water partition coefficient (Wildman–Crippen LogP) is 3.38. The molecule has 1 rings (SSSR count). The summed E-state index contributed by atoms with van der Waals surface area (Å²) in [6.45, 7) is 19.0. The molecule has 0 aliphatic carbocycles. The number of likely N-dealkylation sites (tertiary alicyclic amines) is 1. The van der Waals surface area contributed by atoms with Gasteiger partial charge in [-0.15, -0.1) is 0 Å². The molecule has 1 aliphatic heterocycles. The molecule has 1 heterocycles. The normalized spacial score (nSPS) is 28.3. The molecule has 1 fully saturated rings. The first-order valence-electron chi connectivity index (χ1n) is 7.80. The van der Waals surface area contributed by atoms with Gasteiger partial charge in [-0.25, -0.2) is 0 Å². The lowest BCUT2D eigenvalue weighted by atomic mass is 9.84. The van der Waals surface area contributed by atoms with E-state index in [-0.39, 0.29) is 0 Å². The lowest BCUT2D eigenvalue weighted by Gasteiger charge is -2.41. The first kappa shape index (κ1) is 16.0. The molecule has 0 radical (unpaired) electrons. The van der Waals surface area contributed by atoms with Crippen LogP contribution in [0.5, 0.6) is 0 Å². The Hall–Kier alpha value is -0.0800. The van der Waals surface area contributed by atoms with E-state index in [2.05, 4.69) is 51.8 Å². The van der Waals surface area contributed by atoms with E-state index < -0.39 is 0 Å². The third-order valence-corrected chi connectivity index (χ3v) is 4.55. The smallest absolute Gasteiger partial charge is 0.0243 e. The maximum atomic E-state index is 3.74. The van der Waals surface area contributed by atoms with Gasteiger partial charge in [-0.05, 0) is 43.2 Å². The highest BCUT2D eigenvalue weighted by atomic mass is 15.2. The molecule has 2 nitrogen and oxygen atoms in total. The summed E-state index contributed by atoms with van der Waals surface area (Å²) in [5.41, 5.74) is 0.349. The molecule has 0 aromatic heterocycles. The zero-order valence-corrected chi connectivity index (χ0v) is 13.4. The quantitative estimate of drug-likeness (QED) is 0.809. The van der Waals surface area contributed by atoms with Crippen molar-refractivity contribution in [1.82, 2.24) is 10.2 Å². The number of rotatable bonds is 5. The van der Waals surface area contributed by atoms with E-state index in [4.69, 9.17) is 0 Å². The van der Waals surface area contributed by atoms with E-state index in [0.717, 1.165) is 18.4 Å². The Morgan fingerprint density at radius 3 is 2.39 bits per heavy atom. The molecule has 2 heteroatoms. The lowest BCUT2D eigenvalue weighted by Crippen LogP contribution is -2.51. The van der Waals surface area contributed by atoms with Crippen molar-refractivity contribution in [2.24, 2.45) is 17.3 Å². The standard InChI is InChI=1S/C16H34N2/c1-7-9-17-15(16(4,5)6)12-18-10-8-13(2)14(3)11-18/h13-15,17H,7-12H2,1-6H3. The van der Waals surface area contributed by atoms with Gasteiger partial charge in [-0.3, -0.25) is 0 Å². The Morgan fingerprint density at radius 2 is 1.89 bits per heavy atom. The van der Waals surface area contributed by atoms with Gasteiger partial charge in [-0.2, -0.15) is 0 Å². The van der Waals surface area contributed by atoms with Crippen LogP contribution >= 0.6 is 0 Å². The van der Waals surface area contributed by atoms with Gasteiger partial charge in [0.2, 0.25) is 0 Å². The molecular formula is C16H34N2. The van der Waals surface area contributed by atoms with Crippen molar-refractivity contribution >= 4 is 0 Å². The van der Waals surface area contributed by atoms with Crippen LogP contribution < -0.4 is 5.32 Å². The molecule has 1 N–H and O–H groups in total. The average molecular weight is 254 g/mol. The summed E-state index contributed by atoms with van der Waals surface area (Å²) in [4.78, 5) is 2.67. The zero-order chi connectivity index (χ0) is 13.8. The molecule has 1 aliphatic rings. The highest BCUT2D eigenvalue weighted by molar-refractivity contribution is 4.86. The van der Waals surface area contributed by atoms with E-state index in [9.17, 15) is 0 Å². The number of nitrogens with one attached hydrogen (secondary N) is 1. The fourth-order valence-electron chi connectivity index (χ4n) is 2.74. The van der Waals surface area contributed by atoms with E-state index in [1.165, 1.54) is 32.5 Å². The molecule has 108 valence electrons. The third-order valence-electron chi connectivity index (χ3n) is 4.55. The molecule has 0 aromatic carbocycles. The van der Waals surface area contributed by atoms with Crippen LogP contribution in [0.3, 0.4) is 0 Å². The molecule has 0 aromatic rings. The minimum atomic E-state index is 0.349. The van der Waals surface area contributed by atoms with Crippen LogP contribution in [-0.2, 0) is 0 Å². The Labute approximate surface area is 115 Å². The van der Waals surface area contributed by atoms with Crippen molar-refractivity contribution in [3.63, 3.8) is 0 Å². The Bertz CT molecular complexity index is 232. The van der Waals surface area contributed by atoms with Gasteiger partial charge in [0, 0.05) is 19.1 Å². The molecular weight excluding hydrogens is 220 g/mol. The number of nitrogens with zero attached hydrogens (tertiary/aromatic N) is 1. The van der Waals surface area contributed by atoms with E-state index in [1.54, 1.807) is 0 Å². The summed E-state index contributed by atoms with van der Waals surface area (Å²) in [6.07, 6.45) is 2.59. The van der Waals surface area contributed by atoms with Crippen LogP contribution in [-0.4, -0.2) is 37.1 Å². The Kier molecular flexibility index (Phi) is 6.13. The Morgan fingerprint density at radius 1 is 1.22 bits per heavy atom. The summed E-state index contributed by atoms with van der Waals surface area (Å²) in [7, 11) is 0. The van der Waals surface area contributed by atoms with E-state index >= 15 is 0 Å². The van der Waals surface area contributed by atoms with Crippen LogP contribution in [0.25, 0.3) is 0 Å². The molecule has 0 amide bonds.